The molecule has 1 aromatic carbocycles. The predicted octanol–water partition coefficient (Wildman–Crippen LogP) is 3.81. The lowest BCUT2D eigenvalue weighted by Gasteiger charge is -2.36. The third kappa shape index (κ3) is 4.01. The highest BCUT2D eigenvalue weighted by atomic mass is 35.5. The molecule has 2 amide bonds. The highest BCUT2D eigenvalue weighted by Crippen LogP contribution is 2.28. The molecular weight excluding hydrogens is 299 g/mol. The van der Waals surface area contributed by atoms with Crippen molar-refractivity contribution in [3.8, 4) is 0 Å². The molecule has 1 fully saturated rings. The SMILES string of the molecule is O=C(Nc1cc(Cl)cc(Cl)c1)NC1(CO)CCCCC1. The Morgan fingerprint density at radius 1 is 1.15 bits per heavy atom. The maximum absolute atomic E-state index is 12.0. The molecule has 1 aliphatic rings. The fraction of sp³-hybridized carbons (Fsp3) is 0.500. The second-order valence-corrected chi connectivity index (χ2v) is 6.11. The van der Waals surface area contributed by atoms with Crippen LogP contribution in [-0.2, 0) is 0 Å². The molecule has 1 saturated carbocycles. The molecule has 0 saturated heterocycles. The van der Waals surface area contributed by atoms with Crippen LogP contribution in [0.3, 0.4) is 0 Å². The first-order chi connectivity index (χ1) is 9.53. The molecule has 0 atom stereocenters. The molecule has 1 aromatic rings. The van der Waals surface area contributed by atoms with Crippen molar-refractivity contribution in [2.24, 2.45) is 0 Å². The van der Waals surface area contributed by atoms with Gasteiger partial charge in [-0.15, -0.1) is 0 Å². The third-order valence-corrected chi connectivity index (χ3v) is 4.05. The van der Waals surface area contributed by atoms with Gasteiger partial charge in [0.15, 0.2) is 0 Å². The number of aliphatic hydroxyl groups excluding tert-OH is 1. The molecule has 20 heavy (non-hydrogen) atoms. The number of carbonyl (C=O) groups excluding carboxylic acids is 1. The van der Waals surface area contributed by atoms with Crippen LogP contribution in [0.15, 0.2) is 18.2 Å². The van der Waals surface area contributed by atoms with Crippen molar-refractivity contribution in [3.05, 3.63) is 28.2 Å². The lowest BCUT2D eigenvalue weighted by atomic mass is 9.82. The molecule has 0 unspecified atom stereocenters. The Bertz CT molecular complexity index is 468. The first kappa shape index (κ1) is 15.4. The summed E-state index contributed by atoms with van der Waals surface area (Å²) in [7, 11) is 0. The van der Waals surface area contributed by atoms with Crippen LogP contribution in [0.4, 0.5) is 10.5 Å². The fourth-order valence-electron chi connectivity index (χ4n) is 2.58. The number of anilines is 1. The largest absolute Gasteiger partial charge is 0.394 e. The molecule has 2 rings (SSSR count). The molecule has 4 nitrogen and oxygen atoms in total. The maximum atomic E-state index is 12.0. The number of rotatable bonds is 3. The summed E-state index contributed by atoms with van der Waals surface area (Å²) in [6.45, 7) is -0.0449. The number of carbonyl (C=O) groups is 1. The van der Waals surface area contributed by atoms with Crippen molar-refractivity contribution in [1.29, 1.82) is 0 Å². The number of benzene rings is 1. The zero-order chi connectivity index (χ0) is 14.6. The first-order valence-electron chi connectivity index (χ1n) is 6.69. The molecule has 1 aliphatic carbocycles. The fourth-order valence-corrected chi connectivity index (χ4v) is 3.11. The van der Waals surface area contributed by atoms with E-state index in [9.17, 15) is 9.90 Å². The monoisotopic (exact) mass is 316 g/mol. The minimum absolute atomic E-state index is 0.0449. The van der Waals surface area contributed by atoms with Gasteiger partial charge in [-0.1, -0.05) is 42.5 Å². The molecule has 0 aromatic heterocycles. The van der Waals surface area contributed by atoms with Gasteiger partial charge in [0.05, 0.1) is 12.1 Å². The smallest absolute Gasteiger partial charge is 0.319 e. The van der Waals surface area contributed by atoms with E-state index >= 15 is 0 Å². The van der Waals surface area contributed by atoms with Crippen molar-refractivity contribution in [1.82, 2.24) is 5.32 Å². The number of urea groups is 1. The van der Waals surface area contributed by atoms with Crippen molar-refractivity contribution in [2.45, 2.75) is 37.6 Å². The highest BCUT2D eigenvalue weighted by Gasteiger charge is 2.32. The van der Waals surface area contributed by atoms with Crippen LogP contribution in [0.5, 0.6) is 0 Å². The van der Waals surface area contributed by atoms with Gasteiger partial charge in [-0.3, -0.25) is 0 Å². The van der Waals surface area contributed by atoms with Crippen molar-refractivity contribution >= 4 is 34.9 Å². The Morgan fingerprint density at radius 3 is 2.30 bits per heavy atom. The lowest BCUT2D eigenvalue weighted by molar-refractivity contribution is 0.128. The van der Waals surface area contributed by atoms with Crippen LogP contribution < -0.4 is 10.6 Å². The molecule has 3 N–H and O–H groups in total. The molecule has 0 radical (unpaired) electrons. The molecular formula is C14H18Cl2N2O2. The minimum Gasteiger partial charge on any atom is -0.394 e. The highest BCUT2D eigenvalue weighted by molar-refractivity contribution is 6.35. The summed E-state index contributed by atoms with van der Waals surface area (Å²) >= 11 is 11.8. The van der Waals surface area contributed by atoms with Crippen LogP contribution in [0.25, 0.3) is 0 Å². The van der Waals surface area contributed by atoms with Gasteiger partial charge < -0.3 is 15.7 Å². The Morgan fingerprint density at radius 2 is 1.75 bits per heavy atom. The van der Waals surface area contributed by atoms with E-state index in [2.05, 4.69) is 10.6 Å². The van der Waals surface area contributed by atoms with Gasteiger partial charge in [-0.05, 0) is 31.0 Å². The topological polar surface area (TPSA) is 61.4 Å². The molecule has 110 valence electrons. The van der Waals surface area contributed by atoms with Crippen molar-refractivity contribution in [3.63, 3.8) is 0 Å². The minimum atomic E-state index is -0.509. The molecule has 0 aliphatic heterocycles. The van der Waals surface area contributed by atoms with Crippen LogP contribution >= 0.6 is 23.2 Å². The summed E-state index contributed by atoms with van der Waals surface area (Å²) in [6.07, 6.45) is 4.78. The van der Waals surface area contributed by atoms with Crippen LogP contribution in [-0.4, -0.2) is 23.3 Å². The Labute approximate surface area is 128 Å². The van der Waals surface area contributed by atoms with E-state index in [1.54, 1.807) is 18.2 Å². The van der Waals surface area contributed by atoms with Crippen LogP contribution in [0.2, 0.25) is 10.0 Å². The summed E-state index contributed by atoms with van der Waals surface area (Å²) in [4.78, 5) is 12.0. The third-order valence-electron chi connectivity index (χ3n) is 3.61. The van der Waals surface area contributed by atoms with Gasteiger partial charge in [0.2, 0.25) is 0 Å². The standard InChI is InChI=1S/C14H18Cl2N2O2/c15-10-6-11(16)8-12(7-10)17-13(20)18-14(9-19)4-2-1-3-5-14/h6-8,19H,1-5,9H2,(H2,17,18,20). The van der Waals surface area contributed by atoms with Crippen molar-refractivity contribution in [2.75, 3.05) is 11.9 Å². The maximum Gasteiger partial charge on any atom is 0.319 e. The van der Waals surface area contributed by atoms with E-state index in [-0.39, 0.29) is 12.6 Å². The zero-order valence-corrected chi connectivity index (χ0v) is 12.6. The summed E-state index contributed by atoms with van der Waals surface area (Å²) < 4.78 is 0. The zero-order valence-electron chi connectivity index (χ0n) is 11.1. The number of nitrogens with one attached hydrogen (secondary N) is 2. The quantitative estimate of drug-likeness (QED) is 0.794. The lowest BCUT2D eigenvalue weighted by Crippen LogP contribution is -2.53. The molecule has 0 spiro atoms. The van der Waals surface area contributed by atoms with Crippen LogP contribution in [0.1, 0.15) is 32.1 Å². The van der Waals surface area contributed by atoms with Gasteiger partial charge in [-0.25, -0.2) is 4.79 Å². The Balaban J connectivity index is 2.00. The molecule has 0 bridgehead atoms. The average Bonchev–Trinajstić information content (AvgIpc) is 2.38. The number of hydrogen-bond acceptors (Lipinski definition) is 2. The predicted molar refractivity (Wildman–Crippen MR) is 81.5 cm³/mol. The normalized spacial score (nSPS) is 17.6. The summed E-state index contributed by atoms with van der Waals surface area (Å²) in [5, 5.41) is 16.1. The van der Waals surface area contributed by atoms with Gasteiger partial charge in [-0.2, -0.15) is 0 Å². The second kappa shape index (κ2) is 6.66. The second-order valence-electron chi connectivity index (χ2n) is 5.24. The summed E-state index contributed by atoms with van der Waals surface area (Å²) in [5.41, 5.74) is 0.0222. The van der Waals surface area contributed by atoms with Gasteiger partial charge in [0.1, 0.15) is 0 Å². The number of amides is 2. The Hall–Kier alpha value is -0.970. The van der Waals surface area contributed by atoms with Crippen LogP contribution in [0, 0.1) is 0 Å². The summed E-state index contributed by atoms with van der Waals surface area (Å²) in [5.74, 6) is 0. The van der Waals surface area contributed by atoms with Gasteiger partial charge >= 0.3 is 6.03 Å². The molecule has 6 heteroatoms. The van der Waals surface area contributed by atoms with E-state index in [4.69, 9.17) is 23.2 Å². The van der Waals surface area contributed by atoms with E-state index in [0.29, 0.717) is 15.7 Å². The van der Waals surface area contributed by atoms with Crippen molar-refractivity contribution < 1.29 is 9.90 Å². The molecule has 0 heterocycles. The number of aliphatic hydroxyl groups is 1. The van der Waals surface area contributed by atoms with E-state index in [0.717, 1.165) is 32.1 Å². The van der Waals surface area contributed by atoms with E-state index in [1.165, 1.54) is 0 Å². The average molecular weight is 317 g/mol. The van der Waals surface area contributed by atoms with Gasteiger partial charge in [0, 0.05) is 15.7 Å². The number of halogens is 2. The first-order valence-corrected chi connectivity index (χ1v) is 7.45. The van der Waals surface area contributed by atoms with E-state index in [1.807, 2.05) is 0 Å². The van der Waals surface area contributed by atoms with E-state index < -0.39 is 5.54 Å². The summed E-state index contributed by atoms with van der Waals surface area (Å²) in [6, 6.07) is 4.50. The Kier molecular flexibility index (Phi) is 5.13. The van der Waals surface area contributed by atoms with Gasteiger partial charge in [0.25, 0.3) is 0 Å². The number of hydrogen-bond donors (Lipinski definition) is 3.